The van der Waals surface area contributed by atoms with Crippen LogP contribution in [0.15, 0.2) is 4.99 Å². The van der Waals surface area contributed by atoms with Crippen LogP contribution >= 0.6 is 0 Å². The first-order chi connectivity index (χ1) is 25.0. The maximum absolute atomic E-state index is 14.8. The number of nitrogens with zero attached hydrogens (tertiary/aromatic N) is 2. The molecule has 6 unspecified atom stereocenters. The van der Waals surface area contributed by atoms with Gasteiger partial charge in [-0.25, -0.2) is 4.79 Å². The second-order valence-electron chi connectivity index (χ2n) is 12.6. The third-order valence-electron chi connectivity index (χ3n) is 8.49. The second-order valence-corrected chi connectivity index (χ2v) is 12.6. The number of rotatable bonds is 28. The van der Waals surface area contributed by atoms with Gasteiger partial charge in [-0.3, -0.25) is 48.2 Å². The Labute approximate surface area is 310 Å². The molecule has 0 aliphatic carbocycles. The molecule has 24 nitrogen and oxygen atoms in total. The van der Waals surface area contributed by atoms with Crippen molar-refractivity contribution in [2.24, 2.45) is 79.2 Å². The molecule has 0 aliphatic heterocycles. The van der Waals surface area contributed by atoms with Gasteiger partial charge in [-0.05, 0) is 51.6 Å². The number of carbonyl (C=O) groups excluding carboxylic acids is 8. The Morgan fingerprint density at radius 2 is 0.963 bits per heavy atom. The molecule has 0 spiro atoms. The molecule has 24 heteroatoms. The quantitative estimate of drug-likeness (QED) is 0.0152. The average molecular weight is 773 g/mol. The van der Waals surface area contributed by atoms with Crippen molar-refractivity contribution in [3.8, 4) is 0 Å². The van der Waals surface area contributed by atoms with Crippen molar-refractivity contribution in [1.29, 1.82) is 0 Å². The number of primary amides is 3. The first-order valence-electron chi connectivity index (χ1n) is 16.9. The van der Waals surface area contributed by atoms with E-state index in [4.69, 9.17) is 68.8 Å². The molecule has 54 heavy (non-hydrogen) atoms. The third-order valence-corrected chi connectivity index (χ3v) is 8.49. The van der Waals surface area contributed by atoms with Gasteiger partial charge in [0.05, 0.1) is 36.6 Å². The zero-order valence-electron chi connectivity index (χ0n) is 30.0. The van der Waals surface area contributed by atoms with E-state index in [1.165, 1.54) is 0 Å². The zero-order valence-corrected chi connectivity index (χ0v) is 30.0. The molecule has 7 atom stereocenters. The first-order valence-corrected chi connectivity index (χ1v) is 16.9. The highest BCUT2D eigenvalue weighted by molar-refractivity contribution is 6.37. The zero-order chi connectivity index (χ0) is 42.1. The van der Waals surface area contributed by atoms with Crippen LogP contribution < -0.4 is 68.8 Å². The van der Waals surface area contributed by atoms with E-state index in [2.05, 4.69) is 4.99 Å². The van der Waals surface area contributed by atoms with Crippen LogP contribution in [0, 0.1) is 5.41 Å². The molecule has 0 saturated carbocycles. The molecule has 0 fully saturated rings. The number of aliphatic carboxylic acids is 1. The van der Waals surface area contributed by atoms with Gasteiger partial charge in [0, 0.05) is 13.0 Å². The van der Waals surface area contributed by atoms with Gasteiger partial charge >= 0.3 is 5.97 Å². The fraction of sp³-hybridized carbons (Fsp3) is 0.667. The molecule has 0 aromatic carbocycles. The number of aliphatic imine (C=N–C) groups is 1. The Kier molecular flexibility index (Phi) is 20.2. The van der Waals surface area contributed by atoms with Gasteiger partial charge in [0.15, 0.2) is 23.3 Å². The fourth-order valence-corrected chi connectivity index (χ4v) is 5.85. The Hall–Kier alpha value is -4.98. The fourth-order valence-electron chi connectivity index (χ4n) is 5.85. The lowest BCUT2D eigenvalue weighted by atomic mass is 9.56. The van der Waals surface area contributed by atoms with Gasteiger partial charge in [-0.15, -0.1) is 0 Å². The van der Waals surface area contributed by atoms with E-state index in [1.54, 1.807) is 0 Å². The molecular weight excluding hydrogens is 716 g/mol. The van der Waals surface area contributed by atoms with E-state index in [9.17, 15) is 48.3 Å². The number of unbranched alkanes of at least 4 members (excludes halogenated alkanes) is 2. The number of carboxylic acids is 1. The Morgan fingerprint density at radius 1 is 0.556 bits per heavy atom. The predicted molar refractivity (Wildman–Crippen MR) is 192 cm³/mol. The van der Waals surface area contributed by atoms with Crippen molar-refractivity contribution in [2.45, 2.75) is 100.0 Å². The summed E-state index contributed by atoms with van der Waals surface area (Å²) in [4.78, 5) is 129. The lowest BCUT2D eigenvalue weighted by molar-refractivity contribution is -0.188. The SMILES string of the molecule is NCCCCC(N)C(=O)N(C(=O)C(N)CC(N)=O)[C@@](C(=O)O)(C(=O)C(N)CC(N)=O)C(C(N)=O)(C(=O)C(N)CCCCN)C(=O)C(N)CCCN=C(N)N. The van der Waals surface area contributed by atoms with Crippen LogP contribution in [0.2, 0.25) is 0 Å². The minimum Gasteiger partial charge on any atom is -0.479 e. The molecular formula is C30H56N14O10. The molecule has 0 aliphatic rings. The van der Waals surface area contributed by atoms with Gasteiger partial charge in [-0.1, -0.05) is 12.8 Å². The van der Waals surface area contributed by atoms with Crippen molar-refractivity contribution >= 4 is 58.8 Å². The molecule has 0 rings (SSSR count). The van der Waals surface area contributed by atoms with E-state index in [0.29, 0.717) is 0 Å². The van der Waals surface area contributed by atoms with E-state index in [-0.39, 0.29) is 64.1 Å². The largest absolute Gasteiger partial charge is 0.479 e. The molecule has 25 N–H and O–H groups in total. The summed E-state index contributed by atoms with van der Waals surface area (Å²) in [7, 11) is 0. The number of guanidine groups is 1. The minimum absolute atomic E-state index is 0.0172. The normalized spacial score (nSPS) is 16.2. The highest BCUT2D eigenvalue weighted by Gasteiger charge is 2.78. The highest BCUT2D eigenvalue weighted by Crippen LogP contribution is 2.44. The maximum Gasteiger partial charge on any atom is 0.340 e. The number of carbonyl (C=O) groups is 9. The summed E-state index contributed by atoms with van der Waals surface area (Å²) in [5.74, 6) is -17.8. The molecule has 0 radical (unpaired) electrons. The standard InChI is InChI=1S/C30H56N14O10/c31-9-3-1-6-14(33)21(47)29(26(40)52,22(48)15(34)8-5-11-43-28(41)42)30(27(53)54,23(49)17(36)12-19(38)45)44(25(51)18(37)13-20(39)46)24(50)16(35)7-2-4-10-32/h14-18H,1-13,31-37H2,(H2,38,45)(H2,39,46)(H2,40,52)(H,53,54)(H4,41,42,43)/t14?,15?,16?,17?,18?,29?,30-/m1/s1. The smallest absolute Gasteiger partial charge is 0.340 e. The monoisotopic (exact) mass is 772 g/mol. The highest BCUT2D eigenvalue weighted by atomic mass is 16.4. The van der Waals surface area contributed by atoms with Crippen LogP contribution in [0.4, 0.5) is 0 Å². The number of amides is 5. The third kappa shape index (κ3) is 11.5. The van der Waals surface area contributed by atoms with Gasteiger partial charge in [0.2, 0.25) is 40.5 Å². The van der Waals surface area contributed by atoms with E-state index < -0.39 is 125 Å². The molecule has 0 aromatic rings. The molecule has 0 saturated heterocycles. The lowest BCUT2D eigenvalue weighted by Crippen LogP contribution is -2.84. The summed E-state index contributed by atoms with van der Waals surface area (Å²) in [6.45, 7) is -0.0459. The summed E-state index contributed by atoms with van der Waals surface area (Å²) in [5.41, 5.74) is 59.7. The second kappa shape index (κ2) is 22.3. The number of hydrogen-bond donors (Lipinski definition) is 13. The topological polar surface area (TPSA) is 502 Å². The number of imide groups is 1. The summed E-state index contributed by atoms with van der Waals surface area (Å²) in [5, 5.41) is 11.3. The van der Waals surface area contributed by atoms with Gasteiger partial charge in [-0.2, -0.15) is 0 Å². The van der Waals surface area contributed by atoms with Gasteiger partial charge in [0.1, 0.15) is 0 Å². The van der Waals surface area contributed by atoms with Gasteiger partial charge < -0.3 is 73.9 Å². The van der Waals surface area contributed by atoms with Crippen LogP contribution in [0.3, 0.4) is 0 Å². The number of ketones is 3. The Balaban J connectivity index is 8.93. The molecule has 0 aromatic heterocycles. The molecule has 306 valence electrons. The first kappa shape index (κ1) is 49.0. The van der Waals surface area contributed by atoms with Gasteiger partial charge in [0.25, 0.3) is 0 Å². The lowest BCUT2D eigenvalue weighted by Gasteiger charge is -2.50. The Morgan fingerprint density at radius 3 is 1.35 bits per heavy atom. The number of nitrogens with two attached hydrogens (primary N) is 12. The van der Waals surface area contributed by atoms with Crippen LogP contribution in [-0.2, 0) is 43.2 Å². The molecule has 5 amide bonds. The van der Waals surface area contributed by atoms with E-state index in [0.717, 1.165) is 0 Å². The van der Waals surface area contributed by atoms with Crippen LogP contribution in [0.5, 0.6) is 0 Å². The number of Topliss-reactive ketones (excluding diaryl/α,β-unsaturated/α-hetero) is 3. The predicted octanol–water partition coefficient (Wildman–Crippen LogP) is -7.96. The van der Waals surface area contributed by atoms with Crippen molar-refractivity contribution in [3.05, 3.63) is 0 Å². The van der Waals surface area contributed by atoms with E-state index in [1.807, 2.05) is 0 Å². The van der Waals surface area contributed by atoms with Crippen LogP contribution in [-0.4, -0.2) is 124 Å². The summed E-state index contributed by atoms with van der Waals surface area (Å²) >= 11 is 0. The van der Waals surface area contributed by atoms with Crippen molar-refractivity contribution in [1.82, 2.24) is 4.90 Å². The Bertz CT molecular complexity index is 1440. The van der Waals surface area contributed by atoms with Crippen molar-refractivity contribution < 1.29 is 48.3 Å². The number of hydrogen-bond acceptors (Lipinski definition) is 17. The van der Waals surface area contributed by atoms with Crippen LogP contribution in [0.1, 0.15) is 64.2 Å². The average Bonchev–Trinajstić information content (AvgIpc) is 3.07. The summed E-state index contributed by atoms with van der Waals surface area (Å²) < 4.78 is 0. The summed E-state index contributed by atoms with van der Waals surface area (Å²) in [6.07, 6.45) is -3.39. The summed E-state index contributed by atoms with van der Waals surface area (Å²) in [6, 6.07) is -10.9. The van der Waals surface area contributed by atoms with Crippen molar-refractivity contribution in [2.75, 3.05) is 19.6 Å². The van der Waals surface area contributed by atoms with Crippen molar-refractivity contribution in [3.63, 3.8) is 0 Å². The minimum atomic E-state index is -4.49. The number of carboxylic acid groups (broad SMARTS) is 1. The van der Waals surface area contributed by atoms with Crippen LogP contribution in [0.25, 0.3) is 0 Å². The molecule has 0 bridgehead atoms. The maximum atomic E-state index is 14.8. The molecule has 0 heterocycles. The van der Waals surface area contributed by atoms with E-state index >= 15 is 0 Å².